The molecule has 1 aromatic heterocycles. The molecule has 1 aliphatic carbocycles. The molecule has 1 amide bonds. The number of ether oxygens (including phenoxy) is 1. The number of nitrogens with zero attached hydrogens (tertiary/aromatic N) is 4. The van der Waals surface area contributed by atoms with Gasteiger partial charge in [0.2, 0.25) is 5.82 Å². The number of aliphatic hydroxyl groups is 1. The van der Waals surface area contributed by atoms with Crippen molar-refractivity contribution in [2.45, 2.75) is 31.5 Å². The van der Waals surface area contributed by atoms with Gasteiger partial charge in [-0.1, -0.05) is 18.2 Å². The van der Waals surface area contributed by atoms with Crippen LogP contribution < -0.4 is 0 Å². The number of tetrazole rings is 1. The van der Waals surface area contributed by atoms with Gasteiger partial charge in [0.1, 0.15) is 0 Å². The number of likely N-dealkylation sites (tertiary alicyclic amines) is 1. The number of amides is 1. The number of hydrogen-bond donors (Lipinski definition) is 2. The van der Waals surface area contributed by atoms with Crippen LogP contribution in [0.15, 0.2) is 24.3 Å². The van der Waals surface area contributed by atoms with Crippen molar-refractivity contribution < 1.29 is 14.6 Å². The molecule has 1 aromatic carbocycles. The van der Waals surface area contributed by atoms with Crippen LogP contribution in [0.3, 0.4) is 0 Å². The number of H-pyrrole nitrogens is 1. The van der Waals surface area contributed by atoms with Gasteiger partial charge in [-0.15, -0.1) is 10.2 Å². The summed E-state index contributed by atoms with van der Waals surface area (Å²) in [7, 11) is 1.69. The number of aromatic nitrogens is 4. The zero-order valence-corrected chi connectivity index (χ0v) is 14.1. The molecule has 0 bridgehead atoms. The lowest BCUT2D eigenvalue weighted by Crippen LogP contribution is -2.62. The topological polar surface area (TPSA) is 104 Å². The third kappa shape index (κ3) is 2.52. The van der Waals surface area contributed by atoms with E-state index in [0.717, 1.165) is 12.8 Å². The number of methoxy groups -OCH3 is 1. The van der Waals surface area contributed by atoms with Gasteiger partial charge in [0.25, 0.3) is 5.91 Å². The van der Waals surface area contributed by atoms with E-state index >= 15 is 0 Å². The van der Waals surface area contributed by atoms with Crippen LogP contribution in [0.4, 0.5) is 0 Å². The summed E-state index contributed by atoms with van der Waals surface area (Å²) in [6.45, 7) is 1.21. The monoisotopic (exact) mass is 343 g/mol. The van der Waals surface area contributed by atoms with E-state index in [4.69, 9.17) is 4.74 Å². The average molecular weight is 343 g/mol. The summed E-state index contributed by atoms with van der Waals surface area (Å²) in [5.41, 5.74) is 1.04. The van der Waals surface area contributed by atoms with Gasteiger partial charge < -0.3 is 14.7 Å². The number of piperidine rings is 1. The molecule has 2 atom stereocenters. The van der Waals surface area contributed by atoms with Crippen LogP contribution in [0, 0.1) is 5.41 Å². The highest BCUT2D eigenvalue weighted by atomic mass is 16.5. The summed E-state index contributed by atoms with van der Waals surface area (Å²) in [5, 5.41) is 24.2. The largest absolute Gasteiger partial charge is 0.392 e. The maximum absolute atomic E-state index is 13.0. The number of nitrogens with one attached hydrogen (secondary N) is 1. The van der Waals surface area contributed by atoms with Crippen LogP contribution in [0.5, 0.6) is 0 Å². The third-order valence-electron chi connectivity index (χ3n) is 5.75. The molecule has 0 radical (unpaired) electrons. The molecule has 132 valence electrons. The van der Waals surface area contributed by atoms with Gasteiger partial charge >= 0.3 is 0 Å². The molecule has 4 rings (SSSR count). The van der Waals surface area contributed by atoms with Crippen LogP contribution in [0.25, 0.3) is 11.4 Å². The Morgan fingerprint density at radius 3 is 2.76 bits per heavy atom. The first-order valence-corrected chi connectivity index (χ1v) is 8.49. The van der Waals surface area contributed by atoms with E-state index in [-0.39, 0.29) is 23.5 Å². The van der Waals surface area contributed by atoms with Gasteiger partial charge in [0, 0.05) is 37.6 Å². The maximum atomic E-state index is 13.0. The Morgan fingerprint density at radius 2 is 2.12 bits per heavy atom. The number of hydrogen-bond acceptors (Lipinski definition) is 6. The Morgan fingerprint density at radius 1 is 1.36 bits per heavy atom. The highest BCUT2D eigenvalue weighted by molar-refractivity contribution is 6.00. The second kappa shape index (κ2) is 6.20. The van der Waals surface area contributed by atoms with E-state index < -0.39 is 0 Å². The zero-order chi connectivity index (χ0) is 17.4. The SMILES string of the molecule is CO[C@H]1C[C@@H](O)C12CCN(C(=O)c1ccccc1-c1nn[nH]n1)CC2. The molecule has 2 N–H and O–H groups in total. The minimum absolute atomic E-state index is 0.0435. The van der Waals surface area contributed by atoms with E-state index in [2.05, 4.69) is 20.6 Å². The summed E-state index contributed by atoms with van der Waals surface area (Å²) in [6.07, 6.45) is 1.95. The number of carbonyl (C=O) groups is 1. The van der Waals surface area contributed by atoms with Crippen LogP contribution >= 0.6 is 0 Å². The number of aliphatic hydroxyl groups excluding tert-OH is 1. The number of aromatic amines is 1. The van der Waals surface area contributed by atoms with E-state index in [1.807, 2.05) is 23.1 Å². The van der Waals surface area contributed by atoms with Crippen molar-refractivity contribution in [2.75, 3.05) is 20.2 Å². The molecule has 2 heterocycles. The second-order valence-electron chi connectivity index (χ2n) is 6.78. The molecule has 1 aliphatic heterocycles. The van der Waals surface area contributed by atoms with Gasteiger partial charge in [-0.3, -0.25) is 4.79 Å². The van der Waals surface area contributed by atoms with Crippen LogP contribution in [-0.2, 0) is 4.74 Å². The van der Waals surface area contributed by atoms with E-state index in [0.29, 0.717) is 36.5 Å². The molecule has 1 spiro atoms. The van der Waals surface area contributed by atoms with Crippen molar-refractivity contribution in [3.8, 4) is 11.4 Å². The predicted octanol–water partition coefficient (Wildman–Crippen LogP) is 0.869. The highest BCUT2D eigenvalue weighted by Gasteiger charge is 2.56. The molecule has 2 aliphatic rings. The Kier molecular flexibility index (Phi) is 4.01. The normalized spacial score (nSPS) is 25.0. The first kappa shape index (κ1) is 16.2. The minimum atomic E-state index is -0.332. The molecule has 2 aromatic rings. The molecule has 1 saturated heterocycles. The van der Waals surface area contributed by atoms with Crippen LogP contribution in [0.2, 0.25) is 0 Å². The van der Waals surface area contributed by atoms with Crippen LogP contribution in [-0.4, -0.2) is 68.9 Å². The molecule has 1 saturated carbocycles. The maximum Gasteiger partial charge on any atom is 0.254 e. The van der Waals surface area contributed by atoms with Gasteiger partial charge in [-0.2, -0.15) is 5.21 Å². The summed E-state index contributed by atoms with van der Waals surface area (Å²) in [5.74, 6) is 0.365. The molecule has 8 heteroatoms. The van der Waals surface area contributed by atoms with Crippen molar-refractivity contribution in [1.29, 1.82) is 0 Å². The lowest BCUT2D eigenvalue weighted by atomic mass is 9.58. The summed E-state index contributed by atoms with van der Waals surface area (Å²) < 4.78 is 5.51. The predicted molar refractivity (Wildman–Crippen MR) is 88.6 cm³/mol. The first-order chi connectivity index (χ1) is 12.2. The lowest BCUT2D eigenvalue weighted by Gasteiger charge is -2.56. The van der Waals surface area contributed by atoms with Gasteiger partial charge in [0.15, 0.2) is 0 Å². The fourth-order valence-corrected chi connectivity index (χ4v) is 4.15. The fourth-order valence-electron chi connectivity index (χ4n) is 4.15. The van der Waals surface area contributed by atoms with Crippen molar-refractivity contribution >= 4 is 5.91 Å². The van der Waals surface area contributed by atoms with Crippen molar-refractivity contribution in [2.24, 2.45) is 5.41 Å². The second-order valence-corrected chi connectivity index (χ2v) is 6.78. The van der Waals surface area contributed by atoms with E-state index in [1.54, 1.807) is 13.2 Å². The Labute approximate surface area is 145 Å². The van der Waals surface area contributed by atoms with Gasteiger partial charge in [0.05, 0.1) is 17.8 Å². The third-order valence-corrected chi connectivity index (χ3v) is 5.75. The number of rotatable bonds is 3. The summed E-state index contributed by atoms with van der Waals surface area (Å²) in [6, 6.07) is 7.29. The number of benzene rings is 1. The van der Waals surface area contributed by atoms with Crippen molar-refractivity contribution in [3.63, 3.8) is 0 Å². The van der Waals surface area contributed by atoms with Gasteiger partial charge in [-0.25, -0.2) is 0 Å². The molecular weight excluding hydrogens is 322 g/mol. The van der Waals surface area contributed by atoms with E-state index in [1.165, 1.54) is 0 Å². The van der Waals surface area contributed by atoms with Crippen molar-refractivity contribution in [1.82, 2.24) is 25.5 Å². The molecule has 25 heavy (non-hydrogen) atoms. The molecule has 8 nitrogen and oxygen atoms in total. The standard InChI is InChI=1S/C17H21N5O3/c1-25-14-10-13(23)17(14)6-8-22(9-7-17)16(24)12-5-3-2-4-11(12)15-18-20-21-19-15/h2-5,13-14,23H,6-10H2,1H3,(H,18,19,20,21)/t13-,14+/m1/s1. The summed E-state index contributed by atoms with van der Waals surface area (Å²) >= 11 is 0. The molecular formula is C17H21N5O3. The summed E-state index contributed by atoms with van der Waals surface area (Å²) in [4.78, 5) is 14.8. The van der Waals surface area contributed by atoms with E-state index in [9.17, 15) is 9.90 Å². The Hall–Kier alpha value is -2.32. The highest BCUT2D eigenvalue weighted by Crippen LogP contribution is 2.50. The van der Waals surface area contributed by atoms with Crippen molar-refractivity contribution in [3.05, 3.63) is 29.8 Å². The molecule has 2 fully saturated rings. The zero-order valence-electron chi connectivity index (χ0n) is 14.1. The minimum Gasteiger partial charge on any atom is -0.392 e. The Bertz CT molecular complexity index is 755. The Balaban J connectivity index is 1.52. The lowest BCUT2D eigenvalue weighted by molar-refractivity contribution is -0.199. The number of carbonyl (C=O) groups excluding carboxylic acids is 1. The smallest absolute Gasteiger partial charge is 0.254 e. The fraction of sp³-hybridized carbons (Fsp3) is 0.529. The average Bonchev–Trinajstić information content (AvgIpc) is 3.20. The quantitative estimate of drug-likeness (QED) is 0.857. The first-order valence-electron chi connectivity index (χ1n) is 8.49. The van der Waals surface area contributed by atoms with Crippen LogP contribution in [0.1, 0.15) is 29.6 Å². The van der Waals surface area contributed by atoms with Gasteiger partial charge in [-0.05, 0) is 24.1 Å². The molecule has 0 unspecified atom stereocenters.